The first-order valence-corrected chi connectivity index (χ1v) is 10.8. The van der Waals surface area contributed by atoms with Crippen LogP contribution in [-0.2, 0) is 6.18 Å². The fourth-order valence-electron chi connectivity index (χ4n) is 4.02. The van der Waals surface area contributed by atoms with Crippen LogP contribution >= 0.6 is 0 Å². The van der Waals surface area contributed by atoms with Crippen molar-refractivity contribution in [2.75, 3.05) is 31.1 Å². The molecular weight excluding hydrogens is 429 g/mol. The van der Waals surface area contributed by atoms with E-state index in [1.807, 2.05) is 17.0 Å². The van der Waals surface area contributed by atoms with E-state index in [0.29, 0.717) is 32.0 Å². The van der Waals surface area contributed by atoms with Gasteiger partial charge in [-0.2, -0.15) is 13.2 Å². The van der Waals surface area contributed by atoms with Crippen LogP contribution in [-0.4, -0.2) is 47.2 Å². The van der Waals surface area contributed by atoms with Crippen molar-refractivity contribution in [1.29, 1.82) is 0 Å². The molecule has 1 aromatic heterocycles. The Labute approximate surface area is 190 Å². The lowest BCUT2D eigenvalue weighted by Crippen LogP contribution is -2.49. The average molecular weight is 454 g/mol. The van der Waals surface area contributed by atoms with Crippen molar-refractivity contribution < 1.29 is 18.0 Å². The Morgan fingerprint density at radius 1 is 0.848 bits per heavy atom. The summed E-state index contributed by atoms with van der Waals surface area (Å²) in [7, 11) is 0. The van der Waals surface area contributed by atoms with Gasteiger partial charge in [0.1, 0.15) is 0 Å². The Kier molecular flexibility index (Phi) is 6.10. The summed E-state index contributed by atoms with van der Waals surface area (Å²) in [6, 6.07) is 12.7. The van der Waals surface area contributed by atoms with Gasteiger partial charge >= 0.3 is 6.18 Å². The van der Waals surface area contributed by atoms with Crippen LogP contribution in [0.2, 0.25) is 0 Å². The van der Waals surface area contributed by atoms with E-state index in [1.165, 1.54) is 23.3 Å². The second-order valence-electron chi connectivity index (χ2n) is 8.39. The van der Waals surface area contributed by atoms with Crippen molar-refractivity contribution >= 4 is 11.7 Å². The SMILES string of the molecule is Cc1cc(C)c(-c2ccc(N3CCN(C(=O)c4cccc(C(F)(F)F)c4)CC3)nn2)cc1C. The van der Waals surface area contributed by atoms with Crippen molar-refractivity contribution in [2.24, 2.45) is 0 Å². The molecule has 1 aliphatic heterocycles. The quantitative estimate of drug-likeness (QED) is 0.556. The summed E-state index contributed by atoms with van der Waals surface area (Å²) in [5.74, 6) is 0.318. The third kappa shape index (κ3) is 4.84. The maximum atomic E-state index is 13.0. The number of aromatic nitrogens is 2. The van der Waals surface area contributed by atoms with E-state index < -0.39 is 17.6 Å². The first kappa shape index (κ1) is 22.8. The molecule has 0 saturated carbocycles. The van der Waals surface area contributed by atoms with Gasteiger partial charge in [0.25, 0.3) is 5.91 Å². The number of nitrogens with zero attached hydrogens (tertiary/aromatic N) is 4. The lowest BCUT2D eigenvalue weighted by atomic mass is 9.99. The molecule has 4 rings (SSSR count). The van der Waals surface area contributed by atoms with Gasteiger partial charge in [-0.3, -0.25) is 4.79 Å². The van der Waals surface area contributed by atoms with E-state index in [2.05, 4.69) is 43.1 Å². The average Bonchev–Trinajstić information content (AvgIpc) is 2.81. The lowest BCUT2D eigenvalue weighted by molar-refractivity contribution is -0.137. The summed E-state index contributed by atoms with van der Waals surface area (Å²) >= 11 is 0. The van der Waals surface area contributed by atoms with Gasteiger partial charge in [0, 0.05) is 37.3 Å². The highest BCUT2D eigenvalue weighted by Crippen LogP contribution is 2.30. The standard InChI is InChI=1S/C25H25F3N4O/c1-16-13-18(3)21(14-17(16)2)22-7-8-23(30-29-22)31-9-11-32(12-10-31)24(33)19-5-4-6-20(15-19)25(26,27)28/h4-8,13-15H,9-12H2,1-3H3. The maximum Gasteiger partial charge on any atom is 0.416 e. The minimum atomic E-state index is -4.48. The highest BCUT2D eigenvalue weighted by Gasteiger charge is 2.31. The molecule has 2 aromatic carbocycles. The number of amides is 1. The number of halogens is 3. The van der Waals surface area contributed by atoms with E-state index in [1.54, 1.807) is 4.90 Å². The third-order valence-corrected chi connectivity index (χ3v) is 6.09. The monoisotopic (exact) mass is 454 g/mol. The number of alkyl halides is 3. The smallest absolute Gasteiger partial charge is 0.352 e. The molecule has 1 aliphatic rings. The van der Waals surface area contributed by atoms with Crippen molar-refractivity contribution in [2.45, 2.75) is 26.9 Å². The molecule has 0 bridgehead atoms. The van der Waals surface area contributed by atoms with Crippen molar-refractivity contribution in [3.8, 4) is 11.3 Å². The van der Waals surface area contributed by atoms with E-state index in [9.17, 15) is 18.0 Å². The number of hydrogen-bond donors (Lipinski definition) is 0. The number of rotatable bonds is 3. The van der Waals surface area contributed by atoms with Gasteiger partial charge in [-0.25, -0.2) is 0 Å². The van der Waals surface area contributed by atoms with Gasteiger partial charge in [0.05, 0.1) is 11.3 Å². The first-order chi connectivity index (χ1) is 15.6. The molecule has 0 spiro atoms. The Balaban J connectivity index is 1.42. The normalized spacial score (nSPS) is 14.5. The Morgan fingerprint density at radius 3 is 2.18 bits per heavy atom. The molecule has 1 amide bonds. The predicted molar refractivity (Wildman–Crippen MR) is 121 cm³/mol. The zero-order chi connectivity index (χ0) is 23.8. The van der Waals surface area contributed by atoms with Gasteiger partial charge in [-0.15, -0.1) is 10.2 Å². The number of hydrogen-bond acceptors (Lipinski definition) is 4. The third-order valence-electron chi connectivity index (χ3n) is 6.09. The summed E-state index contributed by atoms with van der Waals surface area (Å²) in [6.07, 6.45) is -4.48. The number of aryl methyl sites for hydroxylation is 3. The van der Waals surface area contributed by atoms with Crippen molar-refractivity contribution in [1.82, 2.24) is 15.1 Å². The van der Waals surface area contributed by atoms with Crippen LogP contribution in [0, 0.1) is 20.8 Å². The summed E-state index contributed by atoms with van der Waals surface area (Å²) in [6.45, 7) is 8.06. The molecule has 0 atom stereocenters. The van der Waals surface area contributed by atoms with Crippen molar-refractivity contribution in [3.63, 3.8) is 0 Å². The number of carbonyl (C=O) groups is 1. The van der Waals surface area contributed by atoms with Crippen LogP contribution in [0.4, 0.5) is 19.0 Å². The van der Waals surface area contributed by atoms with Crippen LogP contribution in [0.5, 0.6) is 0 Å². The van der Waals surface area contributed by atoms with Gasteiger partial charge in [0.2, 0.25) is 0 Å². The molecule has 33 heavy (non-hydrogen) atoms. The minimum absolute atomic E-state index is 0.0474. The first-order valence-electron chi connectivity index (χ1n) is 10.8. The lowest BCUT2D eigenvalue weighted by Gasteiger charge is -2.35. The second kappa shape index (κ2) is 8.84. The Bertz CT molecular complexity index is 1170. The fraction of sp³-hybridized carbons (Fsp3) is 0.320. The van der Waals surface area contributed by atoms with Gasteiger partial charge in [-0.1, -0.05) is 12.1 Å². The number of benzene rings is 2. The number of anilines is 1. The van der Waals surface area contributed by atoms with Crippen LogP contribution in [0.1, 0.15) is 32.6 Å². The molecule has 0 N–H and O–H groups in total. The molecule has 0 radical (unpaired) electrons. The highest BCUT2D eigenvalue weighted by molar-refractivity contribution is 5.94. The molecule has 172 valence electrons. The number of carbonyl (C=O) groups excluding carboxylic acids is 1. The van der Waals surface area contributed by atoms with Gasteiger partial charge in [0.15, 0.2) is 5.82 Å². The summed E-state index contributed by atoms with van der Waals surface area (Å²) < 4.78 is 38.9. The molecule has 1 fully saturated rings. The molecule has 8 heteroatoms. The molecule has 5 nitrogen and oxygen atoms in total. The molecule has 0 unspecified atom stereocenters. The Hall–Kier alpha value is -3.42. The summed E-state index contributed by atoms with van der Waals surface area (Å²) in [5.41, 5.74) is 4.65. The largest absolute Gasteiger partial charge is 0.416 e. The fourth-order valence-corrected chi connectivity index (χ4v) is 4.02. The van der Waals surface area contributed by atoms with E-state index in [4.69, 9.17) is 0 Å². The number of piperazine rings is 1. The minimum Gasteiger partial charge on any atom is -0.352 e. The van der Waals surface area contributed by atoms with Crippen LogP contribution < -0.4 is 4.90 Å². The summed E-state index contributed by atoms with van der Waals surface area (Å²) in [5, 5.41) is 8.80. The molecular formula is C25H25F3N4O. The molecule has 2 heterocycles. The second-order valence-corrected chi connectivity index (χ2v) is 8.39. The Morgan fingerprint density at radius 2 is 1.55 bits per heavy atom. The predicted octanol–water partition coefficient (Wildman–Crippen LogP) is 5.05. The maximum absolute atomic E-state index is 13.0. The van der Waals surface area contributed by atoms with Crippen LogP contribution in [0.15, 0.2) is 48.5 Å². The molecule has 1 saturated heterocycles. The highest BCUT2D eigenvalue weighted by atomic mass is 19.4. The van der Waals surface area contributed by atoms with Crippen molar-refractivity contribution in [3.05, 3.63) is 76.3 Å². The molecule has 0 aliphatic carbocycles. The van der Waals surface area contributed by atoms with E-state index in [-0.39, 0.29) is 5.56 Å². The van der Waals surface area contributed by atoms with Crippen LogP contribution in [0.3, 0.4) is 0 Å². The topological polar surface area (TPSA) is 49.3 Å². The van der Waals surface area contributed by atoms with E-state index >= 15 is 0 Å². The molecule has 3 aromatic rings. The van der Waals surface area contributed by atoms with Gasteiger partial charge < -0.3 is 9.80 Å². The summed E-state index contributed by atoms with van der Waals surface area (Å²) in [4.78, 5) is 16.3. The zero-order valence-electron chi connectivity index (χ0n) is 18.8. The van der Waals surface area contributed by atoms with Gasteiger partial charge in [-0.05, 0) is 73.9 Å². The zero-order valence-corrected chi connectivity index (χ0v) is 18.8. The van der Waals surface area contributed by atoms with E-state index in [0.717, 1.165) is 29.0 Å². The van der Waals surface area contributed by atoms with Crippen LogP contribution in [0.25, 0.3) is 11.3 Å².